The van der Waals surface area contributed by atoms with Crippen LogP contribution >= 0.6 is 11.3 Å². The average Bonchev–Trinajstić information content (AvgIpc) is 3.10. The normalized spacial score (nSPS) is 19.1. The second kappa shape index (κ2) is 5.53. The number of anilines is 1. The van der Waals surface area contributed by atoms with Gasteiger partial charge in [0, 0.05) is 13.1 Å². The zero-order valence-electron chi connectivity index (χ0n) is 10.9. The van der Waals surface area contributed by atoms with E-state index in [4.69, 9.17) is 4.52 Å². The first-order valence-corrected chi connectivity index (χ1v) is 7.22. The maximum atomic E-state index is 12.1. The first-order chi connectivity index (χ1) is 9.72. The molecule has 0 bridgehead atoms. The van der Waals surface area contributed by atoms with Gasteiger partial charge in [-0.25, -0.2) is 4.79 Å². The zero-order valence-corrected chi connectivity index (χ0v) is 11.8. The Kier molecular flexibility index (Phi) is 3.59. The summed E-state index contributed by atoms with van der Waals surface area (Å²) < 4.78 is 5.20. The molecule has 1 atom stereocenters. The summed E-state index contributed by atoms with van der Waals surface area (Å²) in [5.74, 6) is 1.33. The minimum atomic E-state index is -0.164. The van der Waals surface area contributed by atoms with Gasteiger partial charge in [0.15, 0.2) is 5.82 Å². The lowest BCUT2D eigenvalue weighted by atomic mass is 9.98. The Balaban J connectivity index is 1.64. The van der Waals surface area contributed by atoms with Crippen LogP contribution in [0.4, 0.5) is 9.93 Å². The van der Waals surface area contributed by atoms with Gasteiger partial charge in [0.05, 0.1) is 5.92 Å². The van der Waals surface area contributed by atoms with Crippen LogP contribution in [0.2, 0.25) is 0 Å². The summed E-state index contributed by atoms with van der Waals surface area (Å²) in [5.41, 5.74) is 1.58. The standard InChI is InChI=1S/C11H14N6O2S/c1-7-13-9(19-16-7)8-3-2-4-17(5-8)11(18)14-10-15-12-6-20-10/h6,8H,2-5H2,1H3,(H,14,15,18). The van der Waals surface area contributed by atoms with E-state index in [0.29, 0.717) is 29.9 Å². The predicted octanol–water partition coefficient (Wildman–Crippen LogP) is 1.64. The molecular formula is C11H14N6O2S. The van der Waals surface area contributed by atoms with E-state index >= 15 is 0 Å². The van der Waals surface area contributed by atoms with Gasteiger partial charge in [0.2, 0.25) is 11.0 Å². The quantitative estimate of drug-likeness (QED) is 0.904. The van der Waals surface area contributed by atoms with E-state index in [9.17, 15) is 4.79 Å². The number of hydrogen-bond donors (Lipinski definition) is 1. The van der Waals surface area contributed by atoms with E-state index < -0.39 is 0 Å². The van der Waals surface area contributed by atoms with Crippen molar-refractivity contribution in [2.45, 2.75) is 25.7 Å². The minimum Gasteiger partial charge on any atom is -0.339 e. The van der Waals surface area contributed by atoms with Crippen LogP contribution in [-0.2, 0) is 0 Å². The molecule has 2 amide bonds. The molecule has 8 nitrogen and oxygen atoms in total. The molecule has 1 N–H and O–H groups in total. The maximum Gasteiger partial charge on any atom is 0.323 e. The number of rotatable bonds is 2. The van der Waals surface area contributed by atoms with Gasteiger partial charge in [0.25, 0.3) is 0 Å². The molecule has 1 saturated heterocycles. The SMILES string of the molecule is Cc1noc(C2CCCN(C(=O)Nc3nncs3)C2)n1. The molecule has 1 unspecified atom stereocenters. The number of aryl methyl sites for hydroxylation is 1. The third-order valence-electron chi connectivity index (χ3n) is 3.18. The van der Waals surface area contributed by atoms with Gasteiger partial charge >= 0.3 is 6.03 Å². The summed E-state index contributed by atoms with van der Waals surface area (Å²) in [6, 6.07) is -0.164. The van der Waals surface area contributed by atoms with Crippen LogP contribution in [0.1, 0.15) is 30.5 Å². The van der Waals surface area contributed by atoms with E-state index in [-0.39, 0.29) is 11.9 Å². The third-order valence-corrected chi connectivity index (χ3v) is 3.78. The number of amides is 2. The fourth-order valence-corrected chi connectivity index (χ4v) is 2.67. The van der Waals surface area contributed by atoms with Gasteiger partial charge < -0.3 is 9.42 Å². The fraction of sp³-hybridized carbons (Fsp3) is 0.545. The van der Waals surface area contributed by atoms with E-state index in [2.05, 4.69) is 25.7 Å². The Bertz CT molecular complexity index is 584. The van der Waals surface area contributed by atoms with Gasteiger partial charge in [-0.05, 0) is 19.8 Å². The summed E-state index contributed by atoms with van der Waals surface area (Å²) in [5, 5.41) is 14.5. The van der Waals surface area contributed by atoms with Gasteiger partial charge in [-0.15, -0.1) is 10.2 Å². The Morgan fingerprint density at radius 2 is 2.50 bits per heavy atom. The highest BCUT2D eigenvalue weighted by Crippen LogP contribution is 2.26. The average molecular weight is 294 g/mol. The second-order valence-electron chi connectivity index (χ2n) is 4.64. The van der Waals surface area contributed by atoms with E-state index in [1.807, 2.05) is 0 Å². The van der Waals surface area contributed by atoms with Crippen LogP contribution < -0.4 is 5.32 Å². The monoisotopic (exact) mass is 294 g/mol. The molecular weight excluding hydrogens is 280 g/mol. The van der Waals surface area contributed by atoms with E-state index in [0.717, 1.165) is 12.8 Å². The Morgan fingerprint density at radius 3 is 3.20 bits per heavy atom. The first-order valence-electron chi connectivity index (χ1n) is 6.34. The van der Waals surface area contributed by atoms with Crippen molar-refractivity contribution in [3.05, 3.63) is 17.2 Å². The highest BCUT2D eigenvalue weighted by molar-refractivity contribution is 7.13. The number of piperidine rings is 1. The minimum absolute atomic E-state index is 0.102. The smallest absolute Gasteiger partial charge is 0.323 e. The summed E-state index contributed by atoms with van der Waals surface area (Å²) in [4.78, 5) is 18.1. The Hall–Kier alpha value is -2.03. The highest BCUT2D eigenvalue weighted by atomic mass is 32.1. The highest BCUT2D eigenvalue weighted by Gasteiger charge is 2.28. The van der Waals surface area contributed by atoms with Crippen molar-refractivity contribution in [3.63, 3.8) is 0 Å². The van der Waals surface area contributed by atoms with Gasteiger partial charge in [-0.3, -0.25) is 5.32 Å². The molecule has 3 rings (SSSR count). The molecule has 1 fully saturated rings. The molecule has 1 aliphatic heterocycles. The van der Waals surface area contributed by atoms with Crippen LogP contribution in [0.25, 0.3) is 0 Å². The number of nitrogens with one attached hydrogen (secondary N) is 1. The predicted molar refractivity (Wildman–Crippen MR) is 71.5 cm³/mol. The maximum absolute atomic E-state index is 12.1. The molecule has 0 saturated carbocycles. The molecule has 1 aliphatic rings. The van der Waals surface area contributed by atoms with Crippen molar-refractivity contribution in [1.82, 2.24) is 25.2 Å². The summed E-state index contributed by atoms with van der Waals surface area (Å²) >= 11 is 1.29. The molecule has 106 valence electrons. The van der Waals surface area contributed by atoms with Crippen molar-refractivity contribution in [3.8, 4) is 0 Å². The Labute approximate surface area is 119 Å². The molecule has 0 aliphatic carbocycles. The molecule has 0 aromatic carbocycles. The third kappa shape index (κ3) is 2.77. The lowest BCUT2D eigenvalue weighted by Crippen LogP contribution is -2.41. The van der Waals surface area contributed by atoms with Crippen molar-refractivity contribution < 1.29 is 9.32 Å². The van der Waals surface area contributed by atoms with Crippen LogP contribution in [0.5, 0.6) is 0 Å². The van der Waals surface area contributed by atoms with Crippen LogP contribution in [0, 0.1) is 6.92 Å². The van der Waals surface area contributed by atoms with Gasteiger partial charge in [0.1, 0.15) is 5.51 Å². The summed E-state index contributed by atoms with van der Waals surface area (Å²) in [6.45, 7) is 3.08. The zero-order chi connectivity index (χ0) is 13.9. The van der Waals surface area contributed by atoms with Crippen LogP contribution in [0.15, 0.2) is 10.0 Å². The molecule has 2 aromatic rings. The molecule has 0 radical (unpaired) electrons. The Morgan fingerprint density at radius 1 is 1.60 bits per heavy atom. The lowest BCUT2D eigenvalue weighted by molar-refractivity contribution is 0.184. The van der Waals surface area contributed by atoms with Crippen molar-refractivity contribution >= 4 is 22.5 Å². The van der Waals surface area contributed by atoms with Crippen LogP contribution in [-0.4, -0.2) is 44.4 Å². The van der Waals surface area contributed by atoms with Gasteiger partial charge in [-0.1, -0.05) is 16.5 Å². The topological polar surface area (TPSA) is 97.0 Å². The number of aromatic nitrogens is 4. The van der Waals surface area contributed by atoms with Crippen molar-refractivity contribution in [2.24, 2.45) is 0 Å². The largest absolute Gasteiger partial charge is 0.339 e. The number of hydrogen-bond acceptors (Lipinski definition) is 7. The molecule has 2 aromatic heterocycles. The van der Waals surface area contributed by atoms with E-state index in [1.54, 1.807) is 17.3 Å². The number of carbonyl (C=O) groups excluding carboxylic acids is 1. The molecule has 0 spiro atoms. The second-order valence-corrected chi connectivity index (χ2v) is 5.47. The molecule has 9 heteroatoms. The summed E-state index contributed by atoms with van der Waals surface area (Å²) in [6.07, 6.45) is 1.86. The van der Waals surface area contributed by atoms with Gasteiger partial charge in [-0.2, -0.15) is 4.98 Å². The summed E-state index contributed by atoms with van der Waals surface area (Å²) in [7, 11) is 0. The van der Waals surface area contributed by atoms with E-state index in [1.165, 1.54) is 11.3 Å². The van der Waals surface area contributed by atoms with Crippen LogP contribution in [0.3, 0.4) is 0 Å². The number of nitrogens with zero attached hydrogens (tertiary/aromatic N) is 5. The lowest BCUT2D eigenvalue weighted by Gasteiger charge is -2.30. The number of urea groups is 1. The number of carbonyl (C=O) groups is 1. The first kappa shape index (κ1) is 13.0. The number of likely N-dealkylation sites (tertiary alicyclic amines) is 1. The van der Waals surface area contributed by atoms with Crippen molar-refractivity contribution in [2.75, 3.05) is 18.4 Å². The molecule has 3 heterocycles. The van der Waals surface area contributed by atoms with Crippen molar-refractivity contribution in [1.29, 1.82) is 0 Å². The molecule has 20 heavy (non-hydrogen) atoms. The fourth-order valence-electron chi connectivity index (χ4n) is 2.24.